The summed E-state index contributed by atoms with van der Waals surface area (Å²) in [5.74, 6) is -0.310. The van der Waals surface area contributed by atoms with Gasteiger partial charge in [-0.05, 0) is 38.0 Å². The maximum atomic E-state index is 12.9. The van der Waals surface area contributed by atoms with Gasteiger partial charge in [-0.2, -0.15) is 0 Å². The normalized spacial score (nSPS) is 13.7. The molecule has 0 aliphatic carbocycles. The summed E-state index contributed by atoms with van der Waals surface area (Å²) in [6, 6.07) is 15.6. The summed E-state index contributed by atoms with van der Waals surface area (Å²) in [5, 5.41) is 2.94. The predicted octanol–water partition coefficient (Wildman–Crippen LogP) is 3.42. The number of carbonyl (C=O) groups excluding carboxylic acids is 1. The number of hydrogen-bond acceptors (Lipinski definition) is 3. The molecule has 1 N–H and O–H groups in total. The highest BCUT2D eigenvalue weighted by atomic mass is 32.2. The molecule has 0 unspecified atom stereocenters. The quantitative estimate of drug-likeness (QED) is 0.807. The van der Waals surface area contributed by atoms with Crippen molar-refractivity contribution in [3.63, 3.8) is 0 Å². The van der Waals surface area contributed by atoms with E-state index < -0.39 is 16.1 Å². The Bertz CT molecular complexity index is 833. The largest absolute Gasteiger partial charge is 0.348 e. The Morgan fingerprint density at radius 1 is 1.08 bits per heavy atom. The zero-order valence-electron chi connectivity index (χ0n) is 15.6. The number of benzene rings is 2. The Kier molecular flexibility index (Phi) is 6.42. The molecule has 0 saturated carbocycles. The summed E-state index contributed by atoms with van der Waals surface area (Å²) in [4.78, 5) is 12.9. The molecule has 26 heavy (non-hydrogen) atoms. The molecule has 0 heterocycles. The molecule has 0 fully saturated rings. The van der Waals surface area contributed by atoms with Crippen molar-refractivity contribution in [2.45, 2.75) is 39.3 Å². The molecule has 140 valence electrons. The van der Waals surface area contributed by atoms with E-state index in [0.29, 0.717) is 12.1 Å². The van der Waals surface area contributed by atoms with Gasteiger partial charge in [-0.1, -0.05) is 55.0 Å². The molecule has 1 amide bonds. The number of nitrogens with one attached hydrogen (secondary N) is 1. The molecular formula is C20H26N2O3S. The minimum Gasteiger partial charge on any atom is -0.348 e. The maximum absolute atomic E-state index is 12.9. The van der Waals surface area contributed by atoms with Crippen LogP contribution >= 0.6 is 0 Å². The van der Waals surface area contributed by atoms with Crippen LogP contribution < -0.4 is 9.62 Å². The predicted molar refractivity (Wildman–Crippen MR) is 106 cm³/mol. The van der Waals surface area contributed by atoms with E-state index >= 15 is 0 Å². The van der Waals surface area contributed by atoms with E-state index in [1.807, 2.05) is 51.1 Å². The number of hydrogen-bond donors (Lipinski definition) is 1. The Labute approximate surface area is 156 Å². The van der Waals surface area contributed by atoms with Crippen molar-refractivity contribution >= 4 is 21.6 Å². The van der Waals surface area contributed by atoms with Crippen molar-refractivity contribution in [3.8, 4) is 0 Å². The van der Waals surface area contributed by atoms with E-state index in [-0.39, 0.29) is 11.9 Å². The van der Waals surface area contributed by atoms with E-state index in [2.05, 4.69) is 5.32 Å². The van der Waals surface area contributed by atoms with Crippen LogP contribution in [0.15, 0.2) is 54.6 Å². The van der Waals surface area contributed by atoms with Gasteiger partial charge in [0.25, 0.3) is 0 Å². The van der Waals surface area contributed by atoms with Crippen LogP contribution in [0.2, 0.25) is 0 Å². The molecule has 6 heteroatoms. The summed E-state index contributed by atoms with van der Waals surface area (Å²) in [6.07, 6.45) is 1.49. The summed E-state index contributed by atoms with van der Waals surface area (Å²) >= 11 is 0. The summed E-state index contributed by atoms with van der Waals surface area (Å²) in [5.41, 5.74) is 2.61. The molecule has 2 rings (SSSR count). The fourth-order valence-corrected chi connectivity index (χ4v) is 4.09. The Hall–Kier alpha value is -2.34. The minimum atomic E-state index is -3.61. The second kappa shape index (κ2) is 8.36. The first-order valence-electron chi connectivity index (χ1n) is 8.65. The Balaban J connectivity index is 2.26. The number of carbonyl (C=O) groups is 1. The average Bonchev–Trinajstić information content (AvgIpc) is 2.59. The average molecular weight is 375 g/mol. The van der Waals surface area contributed by atoms with Crippen molar-refractivity contribution in [2.24, 2.45) is 0 Å². The molecule has 0 spiro atoms. The Morgan fingerprint density at radius 3 is 2.15 bits per heavy atom. The van der Waals surface area contributed by atoms with Gasteiger partial charge in [0.15, 0.2) is 0 Å². The summed E-state index contributed by atoms with van der Waals surface area (Å²) in [7, 11) is -3.61. The molecule has 0 bridgehead atoms. The van der Waals surface area contributed by atoms with E-state index in [9.17, 15) is 13.2 Å². The highest BCUT2D eigenvalue weighted by Gasteiger charge is 2.32. The highest BCUT2D eigenvalue weighted by Crippen LogP contribution is 2.23. The number of anilines is 1. The number of sulfonamides is 1. The van der Waals surface area contributed by atoms with E-state index in [0.717, 1.165) is 17.4 Å². The first-order chi connectivity index (χ1) is 12.2. The number of nitrogens with zero attached hydrogens (tertiary/aromatic N) is 1. The van der Waals surface area contributed by atoms with Crippen LogP contribution in [0.5, 0.6) is 0 Å². The fourth-order valence-electron chi connectivity index (χ4n) is 2.88. The molecule has 0 aliphatic rings. The van der Waals surface area contributed by atoms with Gasteiger partial charge in [0.05, 0.1) is 18.0 Å². The van der Waals surface area contributed by atoms with Crippen LogP contribution in [-0.4, -0.2) is 26.6 Å². The highest BCUT2D eigenvalue weighted by molar-refractivity contribution is 7.92. The smallest absolute Gasteiger partial charge is 0.244 e. The van der Waals surface area contributed by atoms with Crippen LogP contribution in [0.1, 0.15) is 37.4 Å². The monoisotopic (exact) mass is 374 g/mol. The van der Waals surface area contributed by atoms with Gasteiger partial charge in [0.1, 0.15) is 6.04 Å². The molecule has 0 saturated heterocycles. The molecule has 0 radical (unpaired) electrons. The molecule has 2 aromatic carbocycles. The molecule has 2 atom stereocenters. The van der Waals surface area contributed by atoms with Crippen LogP contribution in [0, 0.1) is 6.92 Å². The lowest BCUT2D eigenvalue weighted by molar-refractivity contribution is -0.122. The van der Waals surface area contributed by atoms with Gasteiger partial charge < -0.3 is 5.32 Å². The van der Waals surface area contributed by atoms with Crippen LogP contribution in [-0.2, 0) is 14.8 Å². The Morgan fingerprint density at radius 2 is 1.65 bits per heavy atom. The minimum absolute atomic E-state index is 0.214. The molecule has 5 nitrogen and oxygen atoms in total. The van der Waals surface area contributed by atoms with Gasteiger partial charge >= 0.3 is 0 Å². The van der Waals surface area contributed by atoms with Gasteiger partial charge in [-0.25, -0.2) is 8.42 Å². The van der Waals surface area contributed by atoms with Gasteiger partial charge in [-0.3, -0.25) is 9.10 Å². The maximum Gasteiger partial charge on any atom is 0.244 e. The number of rotatable bonds is 7. The standard InChI is InChI=1S/C20H26N2O3S/c1-5-19(22(26(4,24)25)18-9-7-6-8-10-18)20(23)21-16(3)17-13-11-15(2)12-14-17/h6-14,16,19H,5H2,1-4H3,(H,21,23)/t16-,19+/m0/s1. The van der Waals surface area contributed by atoms with E-state index in [4.69, 9.17) is 0 Å². The van der Waals surface area contributed by atoms with Gasteiger partial charge in [0, 0.05) is 0 Å². The molecule has 0 aliphatic heterocycles. The second-order valence-electron chi connectivity index (χ2n) is 6.46. The van der Waals surface area contributed by atoms with Gasteiger partial charge in [0.2, 0.25) is 15.9 Å². The third kappa shape index (κ3) is 4.85. The fraction of sp³-hybridized carbons (Fsp3) is 0.350. The zero-order chi connectivity index (χ0) is 19.3. The first kappa shape index (κ1) is 20.0. The lowest BCUT2D eigenvalue weighted by atomic mass is 10.1. The molecule has 2 aromatic rings. The summed E-state index contributed by atoms with van der Waals surface area (Å²) in [6.45, 7) is 5.70. The third-order valence-electron chi connectivity index (χ3n) is 4.28. The third-order valence-corrected chi connectivity index (χ3v) is 5.46. The lowest BCUT2D eigenvalue weighted by Gasteiger charge is -2.31. The number of aryl methyl sites for hydroxylation is 1. The first-order valence-corrected chi connectivity index (χ1v) is 10.5. The SMILES string of the molecule is CC[C@H](C(=O)N[C@@H](C)c1ccc(C)cc1)N(c1ccccc1)S(C)(=O)=O. The number of para-hydroxylation sites is 1. The van der Waals surface area contributed by atoms with Crippen LogP contribution in [0.3, 0.4) is 0 Å². The molecular weight excluding hydrogens is 348 g/mol. The number of amides is 1. The second-order valence-corrected chi connectivity index (χ2v) is 8.32. The zero-order valence-corrected chi connectivity index (χ0v) is 16.5. The van der Waals surface area contributed by atoms with Crippen molar-refractivity contribution in [1.29, 1.82) is 0 Å². The molecule has 0 aromatic heterocycles. The topological polar surface area (TPSA) is 66.5 Å². The van der Waals surface area contributed by atoms with Crippen LogP contribution in [0.4, 0.5) is 5.69 Å². The summed E-state index contributed by atoms with van der Waals surface area (Å²) < 4.78 is 26.0. The van der Waals surface area contributed by atoms with Crippen LogP contribution in [0.25, 0.3) is 0 Å². The van der Waals surface area contributed by atoms with E-state index in [1.165, 1.54) is 4.31 Å². The van der Waals surface area contributed by atoms with Crippen molar-refractivity contribution in [1.82, 2.24) is 5.32 Å². The van der Waals surface area contributed by atoms with Gasteiger partial charge in [-0.15, -0.1) is 0 Å². The van der Waals surface area contributed by atoms with E-state index in [1.54, 1.807) is 24.3 Å². The van der Waals surface area contributed by atoms with Crippen molar-refractivity contribution in [2.75, 3.05) is 10.6 Å². The van der Waals surface area contributed by atoms with Crippen molar-refractivity contribution in [3.05, 3.63) is 65.7 Å². The lowest BCUT2D eigenvalue weighted by Crippen LogP contribution is -2.49. The van der Waals surface area contributed by atoms with Crippen molar-refractivity contribution < 1.29 is 13.2 Å².